The molecule has 0 saturated carbocycles. The van der Waals surface area contributed by atoms with Gasteiger partial charge >= 0.3 is 0 Å². The fourth-order valence-electron chi connectivity index (χ4n) is 2.92. The third-order valence-corrected chi connectivity index (χ3v) is 4.17. The number of benzene rings is 1. The summed E-state index contributed by atoms with van der Waals surface area (Å²) in [7, 11) is 0. The fraction of sp³-hybridized carbons (Fsp3) is 0.579. The lowest BCUT2D eigenvalue weighted by Gasteiger charge is -2.37. The van der Waals surface area contributed by atoms with E-state index in [1.165, 1.54) is 0 Å². The second-order valence-electron chi connectivity index (χ2n) is 7.81. The van der Waals surface area contributed by atoms with Crippen molar-refractivity contribution in [1.29, 1.82) is 0 Å². The molecule has 1 aromatic rings. The molecule has 1 atom stereocenters. The molecular weight excluding hydrogens is 302 g/mol. The third kappa shape index (κ3) is 4.81. The Morgan fingerprint density at radius 1 is 1.29 bits per heavy atom. The molecule has 1 unspecified atom stereocenters. The minimum atomic E-state index is -0.477. The monoisotopic (exact) mass is 331 g/mol. The third-order valence-electron chi connectivity index (χ3n) is 4.17. The first-order valence-corrected chi connectivity index (χ1v) is 8.60. The van der Waals surface area contributed by atoms with Crippen LogP contribution in [-0.4, -0.2) is 34.8 Å². The van der Waals surface area contributed by atoms with Crippen LogP contribution in [-0.2, 0) is 22.6 Å². The second kappa shape index (κ2) is 7.34. The van der Waals surface area contributed by atoms with E-state index in [1.54, 1.807) is 4.90 Å². The Morgan fingerprint density at radius 3 is 2.50 bits per heavy atom. The Hall–Kier alpha value is -1.88. The van der Waals surface area contributed by atoms with Gasteiger partial charge in [0, 0.05) is 31.5 Å². The van der Waals surface area contributed by atoms with Gasteiger partial charge in [0.2, 0.25) is 11.8 Å². The van der Waals surface area contributed by atoms with E-state index >= 15 is 0 Å². The summed E-state index contributed by atoms with van der Waals surface area (Å²) in [6.45, 7) is 8.64. The van der Waals surface area contributed by atoms with E-state index in [0.717, 1.165) is 11.1 Å². The van der Waals surface area contributed by atoms with Crippen LogP contribution in [0.15, 0.2) is 24.3 Å². The van der Waals surface area contributed by atoms with Gasteiger partial charge in [0.15, 0.2) is 0 Å². The number of nitrogens with two attached hydrogens (primary N) is 1. The molecule has 0 saturated heterocycles. The quantitative estimate of drug-likeness (QED) is 0.864. The summed E-state index contributed by atoms with van der Waals surface area (Å²) < 4.78 is 0. The van der Waals surface area contributed by atoms with Crippen molar-refractivity contribution in [2.24, 2.45) is 11.7 Å². The number of carbonyl (C=O) groups excluding carboxylic acids is 2. The highest BCUT2D eigenvalue weighted by molar-refractivity contribution is 5.88. The van der Waals surface area contributed by atoms with Crippen LogP contribution in [0.2, 0.25) is 0 Å². The Kier molecular flexibility index (Phi) is 5.65. The zero-order valence-corrected chi connectivity index (χ0v) is 15.1. The molecule has 1 aromatic carbocycles. The zero-order chi connectivity index (χ0) is 17.9. The van der Waals surface area contributed by atoms with Gasteiger partial charge in [0.25, 0.3) is 0 Å². The minimum absolute atomic E-state index is 0.0339. The molecule has 2 amide bonds. The van der Waals surface area contributed by atoms with Crippen LogP contribution in [0, 0.1) is 5.92 Å². The van der Waals surface area contributed by atoms with E-state index in [1.807, 2.05) is 52.0 Å². The molecule has 5 heteroatoms. The standard InChI is InChI=1S/C19H29N3O2/c1-13(2)9-17(23)22-11-15-8-6-5-7-14(15)10-16(22)18(24)21-12-19(3,4)20/h5-8,13,16H,9-12,20H2,1-4H3,(H,21,24). The minimum Gasteiger partial charge on any atom is -0.352 e. The molecule has 1 aliphatic heterocycles. The van der Waals surface area contributed by atoms with Gasteiger partial charge in [0.1, 0.15) is 6.04 Å². The van der Waals surface area contributed by atoms with E-state index in [-0.39, 0.29) is 17.7 Å². The lowest BCUT2D eigenvalue weighted by atomic mass is 9.92. The summed E-state index contributed by atoms with van der Waals surface area (Å²) in [5.74, 6) is 0.174. The van der Waals surface area contributed by atoms with Crippen LogP contribution >= 0.6 is 0 Å². The zero-order valence-electron chi connectivity index (χ0n) is 15.1. The van der Waals surface area contributed by atoms with Gasteiger partial charge in [-0.3, -0.25) is 9.59 Å². The first-order valence-electron chi connectivity index (χ1n) is 8.60. The molecule has 0 fully saturated rings. The van der Waals surface area contributed by atoms with Gasteiger partial charge in [-0.05, 0) is 30.9 Å². The van der Waals surface area contributed by atoms with Crippen molar-refractivity contribution >= 4 is 11.8 Å². The van der Waals surface area contributed by atoms with E-state index < -0.39 is 11.6 Å². The maximum atomic E-state index is 12.7. The SMILES string of the molecule is CC(C)CC(=O)N1Cc2ccccc2CC1C(=O)NCC(C)(C)N. The van der Waals surface area contributed by atoms with Crippen molar-refractivity contribution < 1.29 is 9.59 Å². The lowest BCUT2D eigenvalue weighted by molar-refractivity contribution is -0.142. The van der Waals surface area contributed by atoms with Gasteiger partial charge in [-0.2, -0.15) is 0 Å². The smallest absolute Gasteiger partial charge is 0.243 e. The summed E-state index contributed by atoms with van der Waals surface area (Å²) in [5, 5.41) is 2.90. The van der Waals surface area contributed by atoms with Crippen LogP contribution in [0.5, 0.6) is 0 Å². The number of hydrogen-bond acceptors (Lipinski definition) is 3. The largest absolute Gasteiger partial charge is 0.352 e. The molecule has 0 bridgehead atoms. The highest BCUT2D eigenvalue weighted by Gasteiger charge is 2.34. The Labute approximate surface area is 144 Å². The van der Waals surface area contributed by atoms with E-state index in [2.05, 4.69) is 5.32 Å². The molecule has 0 spiro atoms. The molecule has 1 heterocycles. The van der Waals surface area contributed by atoms with Crippen molar-refractivity contribution in [3.8, 4) is 0 Å². The molecule has 0 radical (unpaired) electrons. The molecular formula is C19H29N3O2. The van der Waals surface area contributed by atoms with Gasteiger partial charge in [-0.25, -0.2) is 0 Å². The van der Waals surface area contributed by atoms with Gasteiger partial charge < -0.3 is 16.0 Å². The molecule has 24 heavy (non-hydrogen) atoms. The topological polar surface area (TPSA) is 75.4 Å². The van der Waals surface area contributed by atoms with Crippen LogP contribution in [0.3, 0.4) is 0 Å². The summed E-state index contributed by atoms with van der Waals surface area (Å²) in [5.41, 5.74) is 7.74. The van der Waals surface area contributed by atoms with Crippen molar-refractivity contribution in [3.05, 3.63) is 35.4 Å². The van der Waals surface area contributed by atoms with Crippen molar-refractivity contribution in [3.63, 3.8) is 0 Å². The predicted octanol–water partition coefficient (Wildman–Crippen LogP) is 1.84. The molecule has 1 aliphatic rings. The van der Waals surface area contributed by atoms with Gasteiger partial charge in [-0.15, -0.1) is 0 Å². The van der Waals surface area contributed by atoms with Gasteiger partial charge in [-0.1, -0.05) is 38.1 Å². The number of amides is 2. The van der Waals surface area contributed by atoms with Crippen LogP contribution in [0.25, 0.3) is 0 Å². The normalized spacial score (nSPS) is 17.6. The molecule has 5 nitrogen and oxygen atoms in total. The lowest BCUT2D eigenvalue weighted by Crippen LogP contribution is -2.55. The second-order valence-corrected chi connectivity index (χ2v) is 7.81. The van der Waals surface area contributed by atoms with Crippen molar-refractivity contribution in [2.45, 2.75) is 58.7 Å². The van der Waals surface area contributed by atoms with E-state index in [9.17, 15) is 9.59 Å². The molecule has 3 N–H and O–H groups in total. The number of nitrogens with zero attached hydrogens (tertiary/aromatic N) is 1. The molecule has 2 rings (SSSR count). The average molecular weight is 331 g/mol. The first-order chi connectivity index (χ1) is 11.2. The summed E-state index contributed by atoms with van der Waals surface area (Å²) in [6, 6.07) is 7.55. The van der Waals surface area contributed by atoms with Crippen LogP contribution in [0.4, 0.5) is 0 Å². The summed E-state index contributed by atoms with van der Waals surface area (Å²) >= 11 is 0. The number of carbonyl (C=O) groups is 2. The predicted molar refractivity (Wildman–Crippen MR) is 95.2 cm³/mol. The summed E-state index contributed by atoms with van der Waals surface area (Å²) in [6.07, 6.45) is 1.01. The van der Waals surface area contributed by atoms with Crippen LogP contribution < -0.4 is 11.1 Å². The Morgan fingerprint density at radius 2 is 1.92 bits per heavy atom. The maximum Gasteiger partial charge on any atom is 0.243 e. The average Bonchev–Trinajstić information content (AvgIpc) is 2.50. The highest BCUT2D eigenvalue weighted by atomic mass is 16.2. The summed E-state index contributed by atoms with van der Waals surface area (Å²) in [4.78, 5) is 27.1. The highest BCUT2D eigenvalue weighted by Crippen LogP contribution is 2.25. The number of nitrogens with one attached hydrogen (secondary N) is 1. The van der Waals surface area contributed by atoms with E-state index in [0.29, 0.717) is 25.9 Å². The Bertz CT molecular complexity index is 605. The molecule has 0 aromatic heterocycles. The number of rotatable bonds is 5. The number of fused-ring (bicyclic) bond motifs is 1. The fourth-order valence-corrected chi connectivity index (χ4v) is 2.92. The van der Waals surface area contributed by atoms with Crippen LogP contribution in [0.1, 0.15) is 45.2 Å². The Balaban J connectivity index is 2.20. The van der Waals surface area contributed by atoms with Crippen molar-refractivity contribution in [1.82, 2.24) is 10.2 Å². The number of hydrogen-bond donors (Lipinski definition) is 2. The molecule has 0 aliphatic carbocycles. The molecule has 132 valence electrons. The van der Waals surface area contributed by atoms with Gasteiger partial charge in [0.05, 0.1) is 0 Å². The first kappa shape index (κ1) is 18.5. The van der Waals surface area contributed by atoms with Crippen molar-refractivity contribution in [2.75, 3.05) is 6.54 Å². The maximum absolute atomic E-state index is 12.7. The van der Waals surface area contributed by atoms with E-state index in [4.69, 9.17) is 5.73 Å².